The second-order valence-corrected chi connectivity index (χ2v) is 6.54. The number of ether oxygens (including phenoxy) is 1. The van der Waals surface area contributed by atoms with Crippen LogP contribution < -0.4 is 10.1 Å². The zero-order valence-corrected chi connectivity index (χ0v) is 14.3. The van der Waals surface area contributed by atoms with Crippen LogP contribution >= 0.6 is 0 Å². The number of aliphatic hydroxyl groups is 1. The zero-order chi connectivity index (χ0) is 16.8. The number of aliphatic hydroxyl groups excluding tert-OH is 1. The molecule has 0 aromatic heterocycles. The number of benzene rings is 1. The van der Waals surface area contributed by atoms with E-state index in [1.165, 1.54) is 0 Å². The summed E-state index contributed by atoms with van der Waals surface area (Å²) in [6, 6.07) is 7.70. The second kappa shape index (κ2) is 8.20. The Hall–Kier alpha value is -1.75. The maximum absolute atomic E-state index is 12.4. The number of carbonyl (C=O) groups is 1. The molecule has 0 spiro atoms. The third-order valence-electron chi connectivity index (χ3n) is 4.16. The monoisotopic (exact) mass is 320 g/mol. The van der Waals surface area contributed by atoms with Crippen molar-refractivity contribution in [3.63, 3.8) is 0 Å². The minimum atomic E-state index is -0.0647. The van der Waals surface area contributed by atoms with Crippen LogP contribution in [0.5, 0.6) is 5.75 Å². The number of piperidine rings is 1. The van der Waals surface area contributed by atoms with Crippen molar-refractivity contribution < 1.29 is 14.6 Å². The van der Waals surface area contributed by atoms with Gasteiger partial charge in [-0.15, -0.1) is 0 Å². The van der Waals surface area contributed by atoms with Crippen LogP contribution in [0.4, 0.5) is 4.79 Å². The summed E-state index contributed by atoms with van der Waals surface area (Å²) >= 11 is 0. The van der Waals surface area contributed by atoms with E-state index in [9.17, 15) is 9.90 Å². The van der Waals surface area contributed by atoms with Gasteiger partial charge in [0.1, 0.15) is 5.75 Å². The maximum Gasteiger partial charge on any atom is 0.317 e. The Balaban J connectivity index is 1.90. The highest BCUT2D eigenvalue weighted by Crippen LogP contribution is 2.20. The Kier molecular flexibility index (Phi) is 6.28. The largest absolute Gasteiger partial charge is 0.491 e. The molecule has 1 saturated heterocycles. The topological polar surface area (TPSA) is 61.8 Å². The molecule has 0 saturated carbocycles. The molecule has 128 valence electrons. The van der Waals surface area contributed by atoms with Crippen molar-refractivity contribution in [1.82, 2.24) is 10.2 Å². The second-order valence-electron chi connectivity index (χ2n) is 6.54. The van der Waals surface area contributed by atoms with E-state index in [4.69, 9.17) is 4.74 Å². The molecule has 1 aromatic rings. The van der Waals surface area contributed by atoms with Crippen molar-refractivity contribution in [3.05, 3.63) is 29.8 Å². The van der Waals surface area contributed by atoms with Gasteiger partial charge in [-0.05, 0) is 57.2 Å². The number of hydrogen-bond acceptors (Lipinski definition) is 3. The van der Waals surface area contributed by atoms with Gasteiger partial charge in [-0.25, -0.2) is 4.79 Å². The average Bonchev–Trinajstić information content (AvgIpc) is 2.55. The summed E-state index contributed by atoms with van der Waals surface area (Å²) in [4.78, 5) is 14.2. The lowest BCUT2D eigenvalue weighted by Gasteiger charge is -2.32. The standard InChI is InChI=1S/C18H28N2O3/c1-13(2)23-17-8-6-16(7-9-17)14(3)19-18(22)20-10-4-5-15(11-20)12-21/h6-9,13-15,21H,4-5,10-12H2,1-3H3,(H,19,22). The van der Waals surface area contributed by atoms with Crippen molar-refractivity contribution in [2.75, 3.05) is 19.7 Å². The molecule has 1 aliphatic heterocycles. The Morgan fingerprint density at radius 2 is 2.04 bits per heavy atom. The molecule has 1 aromatic carbocycles. The normalized spacial score (nSPS) is 19.5. The van der Waals surface area contributed by atoms with Gasteiger partial charge >= 0.3 is 6.03 Å². The lowest BCUT2D eigenvalue weighted by atomic mass is 9.99. The number of hydrogen-bond donors (Lipinski definition) is 2. The number of carbonyl (C=O) groups excluding carboxylic acids is 1. The minimum Gasteiger partial charge on any atom is -0.491 e. The highest BCUT2D eigenvalue weighted by atomic mass is 16.5. The quantitative estimate of drug-likeness (QED) is 0.877. The fourth-order valence-corrected chi connectivity index (χ4v) is 2.87. The summed E-state index contributed by atoms with van der Waals surface area (Å²) in [5.74, 6) is 1.04. The third-order valence-corrected chi connectivity index (χ3v) is 4.16. The Morgan fingerprint density at radius 1 is 1.35 bits per heavy atom. The predicted octanol–water partition coefficient (Wildman–Crippen LogP) is 2.95. The van der Waals surface area contributed by atoms with Crippen LogP contribution in [0.15, 0.2) is 24.3 Å². The average molecular weight is 320 g/mol. The molecule has 5 nitrogen and oxygen atoms in total. The molecular weight excluding hydrogens is 292 g/mol. The molecule has 5 heteroatoms. The summed E-state index contributed by atoms with van der Waals surface area (Å²) in [5, 5.41) is 12.3. The molecule has 1 heterocycles. The summed E-state index contributed by atoms with van der Waals surface area (Å²) < 4.78 is 5.63. The highest BCUT2D eigenvalue weighted by Gasteiger charge is 2.24. The minimum absolute atomic E-state index is 0.0573. The smallest absolute Gasteiger partial charge is 0.317 e. The molecule has 2 atom stereocenters. The number of amides is 2. The summed E-state index contributed by atoms with van der Waals surface area (Å²) in [6.45, 7) is 7.51. The van der Waals surface area contributed by atoms with Gasteiger partial charge in [0, 0.05) is 19.7 Å². The summed E-state index contributed by atoms with van der Waals surface area (Å²) in [5.41, 5.74) is 1.05. The maximum atomic E-state index is 12.4. The molecule has 23 heavy (non-hydrogen) atoms. The van der Waals surface area contributed by atoms with Crippen molar-refractivity contribution in [1.29, 1.82) is 0 Å². The van der Waals surface area contributed by atoms with Crippen LogP contribution in [0.3, 0.4) is 0 Å². The predicted molar refractivity (Wildman–Crippen MR) is 90.5 cm³/mol. The number of nitrogens with one attached hydrogen (secondary N) is 1. The van der Waals surface area contributed by atoms with Gasteiger partial charge in [-0.3, -0.25) is 0 Å². The Bertz CT molecular complexity index is 501. The van der Waals surface area contributed by atoms with E-state index in [1.54, 1.807) is 4.90 Å². The highest BCUT2D eigenvalue weighted by molar-refractivity contribution is 5.74. The zero-order valence-electron chi connectivity index (χ0n) is 14.3. The third kappa shape index (κ3) is 5.13. The van der Waals surface area contributed by atoms with Crippen LogP contribution in [0.25, 0.3) is 0 Å². The van der Waals surface area contributed by atoms with Crippen molar-refractivity contribution in [2.24, 2.45) is 5.92 Å². The lowest BCUT2D eigenvalue weighted by Crippen LogP contribution is -2.46. The van der Waals surface area contributed by atoms with E-state index in [-0.39, 0.29) is 30.7 Å². The van der Waals surface area contributed by atoms with E-state index in [2.05, 4.69) is 5.32 Å². The van der Waals surface area contributed by atoms with Gasteiger partial charge in [-0.1, -0.05) is 12.1 Å². The number of nitrogens with zero attached hydrogens (tertiary/aromatic N) is 1. The van der Waals surface area contributed by atoms with Gasteiger partial charge in [0.05, 0.1) is 12.1 Å². The van der Waals surface area contributed by atoms with Crippen LogP contribution in [0.1, 0.15) is 45.2 Å². The lowest BCUT2D eigenvalue weighted by molar-refractivity contribution is 0.128. The number of rotatable bonds is 5. The van der Waals surface area contributed by atoms with E-state index in [0.717, 1.165) is 30.7 Å². The van der Waals surface area contributed by atoms with Gasteiger partial charge in [0.2, 0.25) is 0 Å². The molecule has 0 bridgehead atoms. The van der Waals surface area contributed by atoms with Crippen molar-refractivity contribution >= 4 is 6.03 Å². The van der Waals surface area contributed by atoms with Crippen molar-refractivity contribution in [3.8, 4) is 5.75 Å². The van der Waals surface area contributed by atoms with E-state index in [1.807, 2.05) is 45.0 Å². The van der Waals surface area contributed by atoms with E-state index < -0.39 is 0 Å². The van der Waals surface area contributed by atoms with Crippen LogP contribution in [-0.2, 0) is 0 Å². The summed E-state index contributed by atoms with van der Waals surface area (Å²) in [6.07, 6.45) is 2.10. The van der Waals surface area contributed by atoms with Gasteiger partial charge in [0.15, 0.2) is 0 Å². The first-order valence-electron chi connectivity index (χ1n) is 8.42. The van der Waals surface area contributed by atoms with Gasteiger partial charge in [0.25, 0.3) is 0 Å². The fraction of sp³-hybridized carbons (Fsp3) is 0.611. The molecule has 0 aliphatic carbocycles. The van der Waals surface area contributed by atoms with Crippen molar-refractivity contribution in [2.45, 2.75) is 45.8 Å². The molecular formula is C18H28N2O3. The van der Waals surface area contributed by atoms with E-state index in [0.29, 0.717) is 6.54 Å². The van der Waals surface area contributed by atoms with Crippen LogP contribution in [-0.4, -0.2) is 41.8 Å². The summed E-state index contributed by atoms with van der Waals surface area (Å²) in [7, 11) is 0. The first-order valence-corrected chi connectivity index (χ1v) is 8.42. The first kappa shape index (κ1) is 17.6. The fourth-order valence-electron chi connectivity index (χ4n) is 2.87. The van der Waals surface area contributed by atoms with Gasteiger partial charge in [-0.2, -0.15) is 0 Å². The molecule has 2 amide bonds. The van der Waals surface area contributed by atoms with Crippen LogP contribution in [0, 0.1) is 5.92 Å². The molecule has 0 radical (unpaired) electrons. The molecule has 2 unspecified atom stereocenters. The van der Waals surface area contributed by atoms with Crippen LogP contribution in [0.2, 0.25) is 0 Å². The molecule has 1 aliphatic rings. The first-order chi connectivity index (χ1) is 11.0. The Labute approximate surface area is 138 Å². The Morgan fingerprint density at radius 3 is 2.65 bits per heavy atom. The molecule has 2 rings (SSSR count). The van der Waals surface area contributed by atoms with E-state index >= 15 is 0 Å². The molecule has 2 N–H and O–H groups in total. The SMILES string of the molecule is CC(C)Oc1ccc(C(C)NC(=O)N2CCCC(CO)C2)cc1. The number of likely N-dealkylation sites (tertiary alicyclic amines) is 1. The van der Waals surface area contributed by atoms with Gasteiger partial charge < -0.3 is 20.1 Å². The number of urea groups is 1. The molecule has 1 fully saturated rings.